The summed E-state index contributed by atoms with van der Waals surface area (Å²) in [6.45, 7) is 1.85. The SMILES string of the molecule is C[C@H](C(=O)Nc1ccc(Cl)cc1)[NH+](C)CC(=O)Nc1ccc(F)cc1. The fraction of sp³-hybridized carbons (Fsp3) is 0.222. The maximum Gasteiger partial charge on any atom is 0.282 e. The molecule has 7 heteroatoms. The highest BCUT2D eigenvalue weighted by Crippen LogP contribution is 2.13. The Morgan fingerprint density at radius 3 is 2.16 bits per heavy atom. The number of likely N-dealkylation sites (N-methyl/N-ethyl adjacent to an activating group) is 1. The summed E-state index contributed by atoms with van der Waals surface area (Å²) < 4.78 is 12.9. The lowest BCUT2D eigenvalue weighted by Crippen LogP contribution is -3.14. The van der Waals surface area contributed by atoms with E-state index < -0.39 is 6.04 Å². The number of carbonyl (C=O) groups excluding carboxylic acids is 2. The van der Waals surface area contributed by atoms with E-state index >= 15 is 0 Å². The number of benzene rings is 2. The van der Waals surface area contributed by atoms with Gasteiger partial charge < -0.3 is 15.5 Å². The van der Waals surface area contributed by atoms with E-state index in [-0.39, 0.29) is 24.2 Å². The van der Waals surface area contributed by atoms with Gasteiger partial charge in [-0.15, -0.1) is 0 Å². The highest BCUT2D eigenvalue weighted by molar-refractivity contribution is 6.30. The van der Waals surface area contributed by atoms with E-state index in [0.717, 1.165) is 4.90 Å². The van der Waals surface area contributed by atoms with Gasteiger partial charge in [0.15, 0.2) is 12.6 Å². The minimum atomic E-state index is -0.436. The summed E-state index contributed by atoms with van der Waals surface area (Å²) >= 11 is 5.81. The molecule has 0 bridgehead atoms. The largest absolute Gasteiger partial charge is 0.321 e. The van der Waals surface area contributed by atoms with Crippen molar-refractivity contribution >= 4 is 34.8 Å². The lowest BCUT2D eigenvalue weighted by atomic mass is 10.2. The number of rotatable bonds is 6. The normalized spacial score (nSPS) is 13.0. The molecule has 0 radical (unpaired) electrons. The Balaban J connectivity index is 1.86. The first-order valence-corrected chi connectivity index (χ1v) is 8.17. The predicted octanol–water partition coefficient (Wildman–Crippen LogP) is 1.96. The third-order valence-corrected chi connectivity index (χ3v) is 4.06. The molecule has 2 atom stereocenters. The highest BCUT2D eigenvalue weighted by Gasteiger charge is 2.24. The van der Waals surface area contributed by atoms with Gasteiger partial charge in [0, 0.05) is 16.4 Å². The van der Waals surface area contributed by atoms with Gasteiger partial charge in [-0.2, -0.15) is 0 Å². The Labute approximate surface area is 150 Å². The Hall–Kier alpha value is -2.44. The van der Waals surface area contributed by atoms with Gasteiger partial charge >= 0.3 is 0 Å². The molecule has 3 N–H and O–H groups in total. The minimum Gasteiger partial charge on any atom is -0.321 e. The number of hydrogen-bond donors (Lipinski definition) is 3. The maximum absolute atomic E-state index is 12.9. The molecule has 0 saturated heterocycles. The first kappa shape index (κ1) is 18.9. The number of hydrogen-bond acceptors (Lipinski definition) is 2. The smallest absolute Gasteiger partial charge is 0.282 e. The molecular formula is C18H20ClFN3O2+. The van der Waals surface area contributed by atoms with Crippen LogP contribution >= 0.6 is 11.6 Å². The molecule has 0 heterocycles. The van der Waals surface area contributed by atoms with Crippen LogP contribution in [-0.2, 0) is 9.59 Å². The molecule has 2 amide bonds. The van der Waals surface area contributed by atoms with Crippen molar-refractivity contribution in [1.29, 1.82) is 0 Å². The molecule has 1 unspecified atom stereocenters. The second-order valence-electron chi connectivity index (χ2n) is 5.80. The zero-order chi connectivity index (χ0) is 18.4. The molecule has 5 nitrogen and oxygen atoms in total. The summed E-state index contributed by atoms with van der Waals surface area (Å²) in [4.78, 5) is 25.1. The number of anilines is 2. The predicted molar refractivity (Wildman–Crippen MR) is 96.3 cm³/mol. The lowest BCUT2D eigenvalue weighted by Gasteiger charge is -2.20. The van der Waals surface area contributed by atoms with Crippen molar-refractivity contribution in [2.24, 2.45) is 0 Å². The average Bonchev–Trinajstić information content (AvgIpc) is 2.58. The van der Waals surface area contributed by atoms with Crippen molar-refractivity contribution in [3.05, 3.63) is 59.4 Å². The first-order valence-electron chi connectivity index (χ1n) is 7.79. The summed E-state index contributed by atoms with van der Waals surface area (Å²) in [6, 6.07) is 11.9. The lowest BCUT2D eigenvalue weighted by molar-refractivity contribution is -0.885. The summed E-state index contributed by atoms with van der Waals surface area (Å²) in [5.41, 5.74) is 1.15. The minimum absolute atomic E-state index is 0.104. The van der Waals surface area contributed by atoms with Gasteiger partial charge in [-0.25, -0.2) is 4.39 Å². The third-order valence-electron chi connectivity index (χ3n) is 3.81. The van der Waals surface area contributed by atoms with E-state index in [1.165, 1.54) is 24.3 Å². The summed E-state index contributed by atoms with van der Waals surface area (Å²) in [5, 5.41) is 6.05. The van der Waals surface area contributed by atoms with Crippen molar-refractivity contribution in [2.45, 2.75) is 13.0 Å². The second kappa shape index (κ2) is 8.60. The van der Waals surface area contributed by atoms with Crippen molar-refractivity contribution in [3.63, 3.8) is 0 Å². The molecule has 25 heavy (non-hydrogen) atoms. The van der Waals surface area contributed by atoms with E-state index in [4.69, 9.17) is 11.6 Å². The summed E-state index contributed by atoms with van der Waals surface area (Å²) in [5.74, 6) is -0.821. The molecule has 0 aromatic heterocycles. The van der Waals surface area contributed by atoms with Crippen LogP contribution in [0.1, 0.15) is 6.92 Å². The first-order chi connectivity index (χ1) is 11.8. The van der Waals surface area contributed by atoms with Gasteiger partial charge in [0.2, 0.25) is 0 Å². The number of halogens is 2. The molecule has 0 aliphatic rings. The third kappa shape index (κ3) is 5.85. The monoisotopic (exact) mass is 364 g/mol. The molecule has 0 spiro atoms. The molecular weight excluding hydrogens is 345 g/mol. The van der Waals surface area contributed by atoms with Gasteiger partial charge in [0.25, 0.3) is 11.8 Å². The fourth-order valence-electron chi connectivity index (χ4n) is 2.15. The van der Waals surface area contributed by atoms with Crippen molar-refractivity contribution in [2.75, 3.05) is 24.2 Å². The van der Waals surface area contributed by atoms with Gasteiger partial charge in [-0.3, -0.25) is 9.59 Å². The van der Waals surface area contributed by atoms with E-state index in [1.807, 2.05) is 0 Å². The van der Waals surface area contributed by atoms with Crippen molar-refractivity contribution < 1.29 is 18.9 Å². The zero-order valence-corrected chi connectivity index (χ0v) is 14.7. The van der Waals surface area contributed by atoms with E-state index in [1.54, 1.807) is 38.2 Å². The molecule has 2 rings (SSSR count). The average molecular weight is 365 g/mol. The molecule has 0 saturated carbocycles. The number of carbonyl (C=O) groups is 2. The second-order valence-corrected chi connectivity index (χ2v) is 6.23. The van der Waals surface area contributed by atoms with Crippen LogP contribution in [0.4, 0.5) is 15.8 Å². The molecule has 132 valence electrons. The van der Waals surface area contributed by atoms with Crippen LogP contribution in [0.25, 0.3) is 0 Å². The van der Waals surface area contributed by atoms with Gasteiger partial charge in [0.1, 0.15) is 5.82 Å². The van der Waals surface area contributed by atoms with Gasteiger partial charge in [-0.05, 0) is 55.5 Å². The number of nitrogens with one attached hydrogen (secondary N) is 3. The van der Waals surface area contributed by atoms with Crippen molar-refractivity contribution in [1.82, 2.24) is 0 Å². The fourth-order valence-corrected chi connectivity index (χ4v) is 2.28. The molecule has 2 aromatic rings. The Morgan fingerprint density at radius 2 is 1.56 bits per heavy atom. The van der Waals surface area contributed by atoms with Crippen LogP contribution < -0.4 is 15.5 Å². The van der Waals surface area contributed by atoms with Gasteiger partial charge in [0.05, 0.1) is 7.05 Å². The quantitative estimate of drug-likeness (QED) is 0.733. The molecule has 2 aromatic carbocycles. The maximum atomic E-state index is 12.9. The van der Waals surface area contributed by atoms with Crippen LogP contribution in [0.3, 0.4) is 0 Å². The van der Waals surface area contributed by atoms with Crippen molar-refractivity contribution in [3.8, 4) is 0 Å². The summed E-state index contributed by atoms with van der Waals surface area (Å²) in [7, 11) is 1.76. The molecule has 0 aliphatic heterocycles. The van der Waals surface area contributed by atoms with Gasteiger partial charge in [-0.1, -0.05) is 11.6 Å². The van der Waals surface area contributed by atoms with Crippen LogP contribution in [0, 0.1) is 5.82 Å². The highest BCUT2D eigenvalue weighted by atomic mass is 35.5. The van der Waals surface area contributed by atoms with E-state index in [0.29, 0.717) is 16.4 Å². The van der Waals surface area contributed by atoms with Crippen LogP contribution in [0.2, 0.25) is 5.02 Å². The standard InChI is InChI=1S/C18H19ClFN3O2/c1-12(18(25)22-16-7-3-13(19)4-8-16)23(2)11-17(24)21-15-9-5-14(20)6-10-15/h3-10,12H,11H2,1-2H3,(H,21,24)(H,22,25)/p+1/t12-/m1/s1. The van der Waals surface area contributed by atoms with Crippen LogP contribution in [-0.4, -0.2) is 31.4 Å². The van der Waals surface area contributed by atoms with Crippen LogP contribution in [0.15, 0.2) is 48.5 Å². The van der Waals surface area contributed by atoms with Crippen LogP contribution in [0.5, 0.6) is 0 Å². The molecule has 0 aliphatic carbocycles. The summed E-state index contributed by atoms with van der Waals surface area (Å²) in [6.07, 6.45) is 0. The Bertz CT molecular complexity index is 735. The number of quaternary nitrogens is 1. The van der Waals surface area contributed by atoms with E-state index in [9.17, 15) is 14.0 Å². The Kier molecular flexibility index (Phi) is 6.50. The number of amides is 2. The zero-order valence-electron chi connectivity index (χ0n) is 14.0. The molecule has 0 fully saturated rings. The topological polar surface area (TPSA) is 62.6 Å². The van der Waals surface area contributed by atoms with E-state index in [2.05, 4.69) is 10.6 Å². The Morgan fingerprint density at radius 1 is 1.04 bits per heavy atom.